The van der Waals surface area contributed by atoms with Crippen LogP contribution in [0.4, 0.5) is 0 Å². The molecule has 6 aromatic rings. The maximum Gasteiger partial charge on any atom is 0.247 e. The highest BCUT2D eigenvalue weighted by atomic mass is 35.6. The molecule has 0 nitrogen and oxygen atoms in total. The highest BCUT2D eigenvalue weighted by Gasteiger charge is 2.38. The van der Waals surface area contributed by atoms with Crippen molar-refractivity contribution >= 4 is 34.0 Å². The predicted octanol–water partition coefficient (Wildman–Crippen LogP) is 10.4. The fourth-order valence-electron chi connectivity index (χ4n) is 8.14. The Hall–Kier alpha value is -4.17. The summed E-state index contributed by atoms with van der Waals surface area (Å²) in [5.41, 5.74) is 20.3. The fourth-order valence-corrected chi connectivity index (χ4v) is 12.1. The quantitative estimate of drug-likeness (QED) is 0.0805. The molecule has 0 aliphatic heterocycles. The average Bonchev–Trinajstić information content (AvgIpc) is 3.06. The Morgan fingerprint density at radius 1 is 0.340 bits per heavy atom. The monoisotopic (exact) mass is 690 g/mol. The first-order valence-corrected chi connectivity index (χ1v) is 21.0. The second-order valence-corrected chi connectivity index (χ2v) is 19.7. The van der Waals surface area contributed by atoms with E-state index in [2.05, 4.69) is 172 Å². The van der Waals surface area contributed by atoms with E-state index >= 15 is 0 Å². The van der Waals surface area contributed by atoms with Gasteiger partial charge in [0.15, 0.2) is 0 Å². The molecule has 0 aliphatic rings. The summed E-state index contributed by atoms with van der Waals surface area (Å²) in [6, 6.07) is 41.4. The minimum Gasteiger partial charge on any atom is -0.149 e. The molecule has 254 valence electrons. The Bertz CT molecular complexity index is 1830. The Kier molecular flexibility index (Phi) is 10.4. The van der Waals surface area contributed by atoms with Crippen LogP contribution in [-0.4, -0.2) is 7.38 Å². The number of hydrogen-bond donors (Lipinski definition) is 0. The summed E-state index contributed by atoms with van der Waals surface area (Å²) in [5.74, 6) is 0. The number of aryl methyl sites for hydroxylation is 9. The first kappa shape index (κ1) is 35.6. The Morgan fingerprint density at radius 2 is 0.540 bits per heavy atom. The summed E-state index contributed by atoms with van der Waals surface area (Å²) in [5, 5.41) is 3.66. The molecule has 0 fully saturated rings. The van der Waals surface area contributed by atoms with Crippen LogP contribution in [0.5, 0.6) is 0 Å². The molecule has 0 saturated carbocycles. The number of benzene rings is 6. The van der Waals surface area contributed by atoms with Gasteiger partial charge in [-0.2, -0.15) is 0 Å². The van der Waals surface area contributed by atoms with Gasteiger partial charge in [0.1, 0.15) is 0 Å². The molecule has 0 spiro atoms. The van der Waals surface area contributed by atoms with E-state index in [0.29, 0.717) is 0 Å². The van der Waals surface area contributed by atoms with Gasteiger partial charge in [-0.25, -0.2) is 0 Å². The zero-order valence-electron chi connectivity index (χ0n) is 31.4. The minimum absolute atomic E-state index is 0.925. The van der Waals surface area contributed by atoms with E-state index in [0.717, 1.165) is 19.3 Å². The largest absolute Gasteiger partial charge is 0.247 e. The number of rotatable bonds is 9. The summed E-state index contributed by atoms with van der Waals surface area (Å²) in [4.78, 5) is 0. The van der Waals surface area contributed by atoms with Gasteiger partial charge in [0.05, 0.1) is 0 Å². The second kappa shape index (κ2) is 14.6. The third kappa shape index (κ3) is 7.46. The summed E-state index contributed by atoms with van der Waals surface area (Å²) in [6.07, 6.45) is 2.77. The van der Waals surface area contributed by atoms with E-state index in [1.165, 1.54) is 99.0 Å². The van der Waals surface area contributed by atoms with Gasteiger partial charge >= 0.3 is 0 Å². The highest BCUT2D eigenvalue weighted by Crippen LogP contribution is 2.24. The van der Waals surface area contributed by atoms with Crippen LogP contribution in [0.1, 0.15) is 83.5 Å². The van der Waals surface area contributed by atoms with Gasteiger partial charge in [-0.15, -0.1) is 11.1 Å². The molecule has 0 radical (unpaired) electrons. The van der Waals surface area contributed by atoms with E-state index < -0.39 is 7.38 Å². The molecule has 0 bridgehead atoms. The molecule has 0 aromatic heterocycles. The van der Waals surface area contributed by atoms with Crippen molar-refractivity contribution in [2.45, 2.75) is 81.6 Å². The molecule has 6 aromatic carbocycles. The average molecular weight is 691 g/mol. The molecule has 0 unspecified atom stereocenters. The van der Waals surface area contributed by atoms with Gasteiger partial charge in [-0.1, -0.05) is 126 Å². The molecule has 0 N–H and O–H groups in total. The standard InChI is InChI=1S/C48H51ClSi/c1-31-22-34(4)46(35(5)23-31)28-40-10-16-43(17-11-40)50(49,44-18-12-41(13-19-44)29-47-36(6)24-32(2)25-37(47)7)45-20-14-42(15-21-45)30-48-38(8)26-33(3)27-39(48)9/h10-27H,28-30H2,1-9H3. The van der Waals surface area contributed by atoms with Gasteiger partial charge in [0, 0.05) is 0 Å². The topological polar surface area (TPSA) is 0 Å². The second-order valence-electron chi connectivity index (χ2n) is 14.9. The van der Waals surface area contributed by atoms with Crippen molar-refractivity contribution in [2.24, 2.45) is 0 Å². The SMILES string of the molecule is Cc1cc(C)c(Cc2ccc([Si](Cl)(c3ccc(Cc4c(C)cc(C)cc4C)cc3)c3ccc(Cc4c(C)cc(C)cc4C)cc3)cc2)c(C)c1. The van der Waals surface area contributed by atoms with Crippen LogP contribution in [0.2, 0.25) is 0 Å². The van der Waals surface area contributed by atoms with Crippen LogP contribution in [0.3, 0.4) is 0 Å². The summed E-state index contributed by atoms with van der Waals surface area (Å²) < 4.78 is 0. The third-order valence-electron chi connectivity index (χ3n) is 10.7. The Labute approximate surface area is 306 Å². The van der Waals surface area contributed by atoms with Gasteiger partial charge < -0.3 is 0 Å². The van der Waals surface area contributed by atoms with Crippen molar-refractivity contribution in [3.8, 4) is 0 Å². The molecule has 2 heteroatoms. The molecule has 0 aliphatic carbocycles. The van der Waals surface area contributed by atoms with Crippen molar-refractivity contribution in [1.29, 1.82) is 0 Å². The first-order chi connectivity index (χ1) is 23.8. The first-order valence-electron chi connectivity index (χ1n) is 18.0. The van der Waals surface area contributed by atoms with Crippen molar-refractivity contribution in [3.63, 3.8) is 0 Å². The molecule has 0 saturated heterocycles. The van der Waals surface area contributed by atoms with Crippen molar-refractivity contribution in [3.05, 3.63) is 193 Å². The fraction of sp³-hybridized carbons (Fsp3) is 0.250. The molecule has 0 heterocycles. The normalized spacial score (nSPS) is 11.6. The minimum atomic E-state index is -2.84. The molecular weight excluding hydrogens is 640 g/mol. The molecule has 0 atom stereocenters. The molecule has 6 rings (SSSR count). The van der Waals surface area contributed by atoms with E-state index in [1.807, 2.05) is 0 Å². The van der Waals surface area contributed by atoms with E-state index in [1.54, 1.807) is 0 Å². The number of halogens is 1. The van der Waals surface area contributed by atoms with Crippen LogP contribution in [0.15, 0.2) is 109 Å². The maximum atomic E-state index is 8.10. The van der Waals surface area contributed by atoms with Crippen molar-refractivity contribution in [2.75, 3.05) is 0 Å². The summed E-state index contributed by atoms with van der Waals surface area (Å²) in [6.45, 7) is 19.9. The van der Waals surface area contributed by atoms with Crippen molar-refractivity contribution in [1.82, 2.24) is 0 Å². The lowest BCUT2D eigenvalue weighted by molar-refractivity contribution is 1.11. The van der Waals surface area contributed by atoms with Gasteiger partial charge in [-0.05, 0) is 164 Å². The smallest absolute Gasteiger partial charge is 0.149 e. The van der Waals surface area contributed by atoms with E-state index in [-0.39, 0.29) is 0 Å². The Morgan fingerprint density at radius 3 is 0.740 bits per heavy atom. The maximum absolute atomic E-state index is 8.10. The summed E-state index contributed by atoms with van der Waals surface area (Å²) in [7, 11) is -2.84. The van der Waals surface area contributed by atoms with Crippen LogP contribution in [-0.2, 0) is 19.3 Å². The Balaban J connectivity index is 1.36. The third-order valence-corrected chi connectivity index (χ3v) is 16.1. The van der Waals surface area contributed by atoms with Crippen LogP contribution in [0, 0.1) is 62.3 Å². The molecule has 0 amide bonds. The van der Waals surface area contributed by atoms with Crippen LogP contribution in [0.25, 0.3) is 0 Å². The van der Waals surface area contributed by atoms with Crippen LogP contribution < -0.4 is 15.6 Å². The van der Waals surface area contributed by atoms with Gasteiger partial charge in [0.2, 0.25) is 7.38 Å². The summed E-state index contributed by atoms with van der Waals surface area (Å²) >= 11 is 8.10. The predicted molar refractivity (Wildman–Crippen MR) is 220 cm³/mol. The van der Waals surface area contributed by atoms with Crippen LogP contribution >= 0.6 is 11.1 Å². The lowest BCUT2D eigenvalue weighted by Gasteiger charge is -2.27. The lowest BCUT2D eigenvalue weighted by atomic mass is 9.94. The van der Waals surface area contributed by atoms with Gasteiger partial charge in [0.25, 0.3) is 0 Å². The zero-order chi connectivity index (χ0) is 35.7. The molecular formula is C48H51ClSi. The number of hydrogen-bond acceptors (Lipinski definition) is 0. The highest BCUT2D eigenvalue weighted by molar-refractivity contribution is 7.40. The lowest BCUT2D eigenvalue weighted by Crippen LogP contribution is -2.62. The molecule has 50 heavy (non-hydrogen) atoms. The van der Waals surface area contributed by atoms with Gasteiger partial charge in [-0.3, -0.25) is 0 Å². The van der Waals surface area contributed by atoms with E-state index in [9.17, 15) is 0 Å². The van der Waals surface area contributed by atoms with Crippen molar-refractivity contribution < 1.29 is 0 Å². The zero-order valence-corrected chi connectivity index (χ0v) is 33.1. The van der Waals surface area contributed by atoms with E-state index in [4.69, 9.17) is 11.1 Å².